The number of piperazine rings is 1. The Morgan fingerprint density at radius 3 is 2.65 bits per heavy atom. The van der Waals surface area contributed by atoms with E-state index in [1.807, 2.05) is 53.4 Å². The van der Waals surface area contributed by atoms with Crippen molar-refractivity contribution >= 4 is 5.91 Å². The number of nitrogens with zero attached hydrogens (tertiary/aromatic N) is 6. The Balaban J connectivity index is 1.35. The van der Waals surface area contributed by atoms with Crippen LogP contribution in [0.25, 0.3) is 11.3 Å². The standard InChI is InChI=1S/C30H36N8O2/c39-29(37-18-17-31-20-24(37)19-22-9-3-1-4-10-22)27-28(23-11-5-2-6-12-23)38(21-32-27)25-13-7-8-15-30(25,40)16-14-26-33-35-36-34-26/h1-6,9-12,21,24-25,31,40H,7-8,13-20H2,(H,33,34,35,36)/t24-,25+,30+/m1/s1. The third-order valence-corrected chi connectivity index (χ3v) is 8.43. The number of rotatable bonds is 8. The first-order valence-corrected chi connectivity index (χ1v) is 14.2. The topological polar surface area (TPSA) is 125 Å². The van der Waals surface area contributed by atoms with Gasteiger partial charge in [0.15, 0.2) is 11.5 Å². The van der Waals surface area contributed by atoms with E-state index in [0.717, 1.165) is 50.0 Å². The quantitative estimate of drug-likeness (QED) is 0.313. The molecule has 2 fully saturated rings. The van der Waals surface area contributed by atoms with Crippen molar-refractivity contribution in [1.82, 2.24) is 40.4 Å². The number of aliphatic hydroxyl groups is 1. The molecular formula is C30H36N8O2. The van der Waals surface area contributed by atoms with Crippen LogP contribution < -0.4 is 5.32 Å². The number of benzene rings is 2. The lowest BCUT2D eigenvalue weighted by Crippen LogP contribution is -2.54. The largest absolute Gasteiger partial charge is 0.388 e. The van der Waals surface area contributed by atoms with E-state index in [1.54, 1.807) is 6.33 Å². The third-order valence-electron chi connectivity index (χ3n) is 8.43. The Morgan fingerprint density at radius 1 is 1.07 bits per heavy atom. The Morgan fingerprint density at radius 2 is 1.88 bits per heavy atom. The van der Waals surface area contributed by atoms with E-state index < -0.39 is 5.60 Å². The second kappa shape index (κ2) is 11.7. The van der Waals surface area contributed by atoms with Gasteiger partial charge >= 0.3 is 0 Å². The zero-order valence-electron chi connectivity index (χ0n) is 22.6. The zero-order chi connectivity index (χ0) is 27.4. The Hall–Kier alpha value is -3.89. The summed E-state index contributed by atoms with van der Waals surface area (Å²) in [5.41, 5.74) is 2.36. The second-order valence-electron chi connectivity index (χ2n) is 11.0. The van der Waals surface area contributed by atoms with Gasteiger partial charge < -0.3 is 19.9 Å². The number of aromatic amines is 1. The van der Waals surface area contributed by atoms with Crippen LogP contribution in [-0.4, -0.2) is 77.4 Å². The monoisotopic (exact) mass is 540 g/mol. The molecule has 1 saturated carbocycles. The van der Waals surface area contributed by atoms with E-state index >= 15 is 0 Å². The number of aromatic nitrogens is 6. The molecule has 0 bridgehead atoms. The predicted molar refractivity (Wildman–Crippen MR) is 150 cm³/mol. The van der Waals surface area contributed by atoms with E-state index in [-0.39, 0.29) is 18.0 Å². The van der Waals surface area contributed by atoms with Gasteiger partial charge in [-0.05, 0) is 31.2 Å². The molecule has 2 aromatic carbocycles. The van der Waals surface area contributed by atoms with Gasteiger partial charge in [0.05, 0.1) is 23.7 Å². The van der Waals surface area contributed by atoms with Crippen molar-refractivity contribution in [2.45, 2.75) is 62.6 Å². The number of carbonyl (C=O) groups is 1. The number of H-pyrrole nitrogens is 1. The van der Waals surface area contributed by atoms with Gasteiger partial charge in [0.1, 0.15) is 0 Å². The van der Waals surface area contributed by atoms with E-state index in [9.17, 15) is 9.90 Å². The highest BCUT2D eigenvalue weighted by Gasteiger charge is 2.42. The van der Waals surface area contributed by atoms with Gasteiger partial charge in [-0.15, -0.1) is 10.2 Å². The highest BCUT2D eigenvalue weighted by Crippen LogP contribution is 2.43. The normalized spacial score (nSPS) is 23.3. The van der Waals surface area contributed by atoms with Crippen LogP contribution in [0.3, 0.4) is 0 Å². The minimum absolute atomic E-state index is 0.0268. The van der Waals surface area contributed by atoms with E-state index in [4.69, 9.17) is 4.98 Å². The minimum Gasteiger partial charge on any atom is -0.388 e. The van der Waals surface area contributed by atoms with Crippen LogP contribution >= 0.6 is 0 Å². The number of tetrazole rings is 1. The first-order valence-electron chi connectivity index (χ1n) is 14.2. The fraction of sp³-hybridized carbons (Fsp3) is 0.433. The number of nitrogens with one attached hydrogen (secondary N) is 2. The van der Waals surface area contributed by atoms with Gasteiger partial charge in [-0.2, -0.15) is 5.21 Å². The second-order valence-corrected chi connectivity index (χ2v) is 11.0. The highest BCUT2D eigenvalue weighted by atomic mass is 16.3. The van der Waals surface area contributed by atoms with Gasteiger partial charge in [-0.25, -0.2) is 4.98 Å². The van der Waals surface area contributed by atoms with Gasteiger partial charge in [0.2, 0.25) is 0 Å². The van der Waals surface area contributed by atoms with Crippen LogP contribution in [0.5, 0.6) is 0 Å². The van der Waals surface area contributed by atoms with Crippen LogP contribution in [0.4, 0.5) is 0 Å². The van der Waals surface area contributed by atoms with E-state index in [1.165, 1.54) is 5.56 Å². The van der Waals surface area contributed by atoms with Crippen LogP contribution in [-0.2, 0) is 12.8 Å². The maximum absolute atomic E-state index is 14.3. The Labute approximate surface area is 233 Å². The summed E-state index contributed by atoms with van der Waals surface area (Å²) in [5, 5.41) is 29.8. The van der Waals surface area contributed by atoms with Crippen molar-refractivity contribution < 1.29 is 9.90 Å². The average molecular weight is 541 g/mol. The molecule has 0 spiro atoms. The highest BCUT2D eigenvalue weighted by molar-refractivity contribution is 5.98. The summed E-state index contributed by atoms with van der Waals surface area (Å²) in [7, 11) is 0. The fourth-order valence-electron chi connectivity index (χ4n) is 6.38. The summed E-state index contributed by atoms with van der Waals surface area (Å²) in [4.78, 5) is 21.0. The number of carbonyl (C=O) groups excluding carboxylic acids is 1. The maximum Gasteiger partial charge on any atom is 0.275 e. The lowest BCUT2D eigenvalue weighted by atomic mass is 9.77. The molecule has 2 aromatic heterocycles. The molecule has 10 nitrogen and oxygen atoms in total. The molecule has 3 heterocycles. The molecule has 1 amide bonds. The molecule has 0 unspecified atom stereocenters. The van der Waals surface area contributed by atoms with Gasteiger partial charge in [0, 0.05) is 37.7 Å². The van der Waals surface area contributed by atoms with E-state index in [0.29, 0.717) is 37.3 Å². The Kier molecular flexibility index (Phi) is 7.70. The van der Waals surface area contributed by atoms with Crippen LogP contribution in [0, 0.1) is 0 Å². The number of imidazole rings is 1. The third kappa shape index (κ3) is 5.41. The minimum atomic E-state index is -0.978. The number of hydrogen-bond acceptors (Lipinski definition) is 7. The molecule has 3 N–H and O–H groups in total. The summed E-state index contributed by atoms with van der Waals surface area (Å²) in [6, 6.07) is 20.1. The van der Waals surface area contributed by atoms with E-state index in [2.05, 4.69) is 42.6 Å². The molecule has 2 aliphatic rings. The molecule has 3 atom stereocenters. The fourth-order valence-corrected chi connectivity index (χ4v) is 6.38. The molecule has 1 aliphatic heterocycles. The van der Waals surface area contributed by atoms with Gasteiger partial charge in [-0.3, -0.25) is 4.79 Å². The molecule has 1 saturated heterocycles. The summed E-state index contributed by atoms with van der Waals surface area (Å²) in [6.45, 7) is 2.10. The van der Waals surface area contributed by atoms with Crippen molar-refractivity contribution in [2.75, 3.05) is 19.6 Å². The number of hydrogen-bond donors (Lipinski definition) is 3. The lowest BCUT2D eigenvalue weighted by Gasteiger charge is -2.41. The Bertz CT molecular complexity index is 1390. The first-order chi connectivity index (χ1) is 19.6. The predicted octanol–water partition coefficient (Wildman–Crippen LogP) is 3.20. The molecule has 10 heteroatoms. The van der Waals surface area contributed by atoms with Crippen molar-refractivity contribution in [2.24, 2.45) is 0 Å². The summed E-state index contributed by atoms with van der Waals surface area (Å²) >= 11 is 0. The van der Waals surface area contributed by atoms with Crippen molar-refractivity contribution in [3.8, 4) is 11.3 Å². The van der Waals surface area contributed by atoms with Gasteiger partial charge in [0.25, 0.3) is 5.91 Å². The summed E-state index contributed by atoms with van der Waals surface area (Å²) in [5.74, 6) is 0.525. The number of aryl methyl sites for hydroxylation is 1. The van der Waals surface area contributed by atoms with Crippen LogP contribution in [0.2, 0.25) is 0 Å². The molecule has 208 valence electrons. The lowest BCUT2D eigenvalue weighted by molar-refractivity contribution is -0.0478. The zero-order valence-corrected chi connectivity index (χ0v) is 22.6. The molecular weight excluding hydrogens is 504 g/mol. The van der Waals surface area contributed by atoms with Crippen molar-refractivity contribution in [3.63, 3.8) is 0 Å². The molecule has 6 rings (SSSR count). The average Bonchev–Trinajstić information content (AvgIpc) is 3.68. The smallest absolute Gasteiger partial charge is 0.275 e. The molecule has 1 aliphatic carbocycles. The first kappa shape index (κ1) is 26.3. The van der Waals surface area contributed by atoms with Crippen LogP contribution in [0.1, 0.15) is 60.0 Å². The molecule has 4 aromatic rings. The van der Waals surface area contributed by atoms with Gasteiger partial charge in [-0.1, -0.05) is 78.7 Å². The van der Waals surface area contributed by atoms with Crippen molar-refractivity contribution in [1.29, 1.82) is 0 Å². The summed E-state index contributed by atoms with van der Waals surface area (Å²) < 4.78 is 2.06. The number of amides is 1. The van der Waals surface area contributed by atoms with Crippen molar-refractivity contribution in [3.05, 3.63) is 84.1 Å². The van der Waals surface area contributed by atoms with Crippen LogP contribution in [0.15, 0.2) is 67.0 Å². The maximum atomic E-state index is 14.3. The molecule has 40 heavy (non-hydrogen) atoms. The molecule has 0 radical (unpaired) electrons. The SMILES string of the molecule is O=C(c1ncn([C@H]2CCCC[C@]2(O)CCc2nn[nH]n2)c1-c1ccccc1)N1CCNC[C@H]1Cc1ccccc1. The summed E-state index contributed by atoms with van der Waals surface area (Å²) in [6.07, 6.45) is 6.98.